The minimum absolute atomic E-state index is 0. The van der Waals surface area contributed by atoms with E-state index in [1.54, 1.807) is 13.4 Å². The van der Waals surface area contributed by atoms with E-state index in [1.807, 2.05) is 12.1 Å². The quantitative estimate of drug-likeness (QED) is 0.315. The molecule has 0 amide bonds. The summed E-state index contributed by atoms with van der Waals surface area (Å²) in [6.45, 7) is 6.89. The zero-order valence-electron chi connectivity index (χ0n) is 16.6. The van der Waals surface area contributed by atoms with Gasteiger partial charge in [-0.1, -0.05) is 33.1 Å². The van der Waals surface area contributed by atoms with Crippen LogP contribution in [0.2, 0.25) is 0 Å². The Labute approximate surface area is 175 Å². The number of methoxy groups -OCH3 is 1. The highest BCUT2D eigenvalue weighted by atomic mass is 127. The Morgan fingerprint density at radius 3 is 2.73 bits per heavy atom. The second kappa shape index (κ2) is 12.6. The van der Waals surface area contributed by atoms with E-state index in [-0.39, 0.29) is 29.4 Å². The molecule has 0 spiro atoms. The van der Waals surface area contributed by atoms with Crippen molar-refractivity contribution < 1.29 is 9.15 Å². The van der Waals surface area contributed by atoms with Crippen LogP contribution in [0.3, 0.4) is 0 Å². The summed E-state index contributed by atoms with van der Waals surface area (Å²) in [6.07, 6.45) is 10.1. The van der Waals surface area contributed by atoms with Gasteiger partial charge in [-0.25, -0.2) is 0 Å². The van der Waals surface area contributed by atoms with E-state index in [4.69, 9.17) is 14.1 Å². The number of hydrogen-bond donors (Lipinski definition) is 2. The summed E-state index contributed by atoms with van der Waals surface area (Å²) in [7, 11) is 1.76. The fraction of sp³-hybridized carbons (Fsp3) is 0.750. The predicted octanol–water partition coefficient (Wildman–Crippen LogP) is 4.37. The molecule has 1 fully saturated rings. The zero-order chi connectivity index (χ0) is 18.0. The first-order chi connectivity index (χ1) is 12.1. The lowest BCUT2D eigenvalue weighted by Crippen LogP contribution is -2.45. The average molecular weight is 477 g/mol. The Balaban J connectivity index is 0.00000338. The third-order valence-electron chi connectivity index (χ3n) is 4.84. The Bertz CT molecular complexity index is 497. The second-order valence-electron chi connectivity index (χ2n) is 7.81. The van der Waals surface area contributed by atoms with Crippen LogP contribution in [0.5, 0.6) is 0 Å². The van der Waals surface area contributed by atoms with Gasteiger partial charge in [-0.15, -0.1) is 24.0 Å². The Hall–Kier alpha value is -0.760. The average Bonchev–Trinajstić information content (AvgIpc) is 3.12. The van der Waals surface area contributed by atoms with Gasteiger partial charge in [-0.05, 0) is 36.8 Å². The predicted molar refractivity (Wildman–Crippen MR) is 118 cm³/mol. The molecule has 6 heteroatoms. The lowest BCUT2D eigenvalue weighted by atomic mass is 9.90. The maximum atomic E-state index is 5.41. The molecule has 5 nitrogen and oxygen atoms in total. The summed E-state index contributed by atoms with van der Waals surface area (Å²) in [4.78, 5) is 4.87. The van der Waals surface area contributed by atoms with Gasteiger partial charge in [0.05, 0.1) is 6.26 Å². The molecule has 26 heavy (non-hydrogen) atoms. The van der Waals surface area contributed by atoms with Gasteiger partial charge in [-0.2, -0.15) is 0 Å². The minimum atomic E-state index is 0. The highest BCUT2D eigenvalue weighted by Gasteiger charge is 2.19. The molecule has 1 aromatic heterocycles. The fourth-order valence-electron chi connectivity index (χ4n) is 3.10. The van der Waals surface area contributed by atoms with Gasteiger partial charge < -0.3 is 19.8 Å². The molecule has 2 N–H and O–H groups in total. The molecule has 1 saturated carbocycles. The zero-order valence-corrected chi connectivity index (χ0v) is 18.9. The van der Waals surface area contributed by atoms with Crippen molar-refractivity contribution in [1.29, 1.82) is 0 Å². The third kappa shape index (κ3) is 9.26. The Morgan fingerprint density at radius 1 is 1.31 bits per heavy atom. The summed E-state index contributed by atoms with van der Waals surface area (Å²) in [5.74, 6) is 1.94. The van der Waals surface area contributed by atoms with Crippen LogP contribution in [0.15, 0.2) is 27.8 Å². The smallest absolute Gasteiger partial charge is 0.191 e. The van der Waals surface area contributed by atoms with Crippen molar-refractivity contribution in [3.63, 3.8) is 0 Å². The standard InChI is InChI=1S/C20H35N3O2.HI/c1-20(2,12-15-24-3)16-22-19(23-17-8-5-4-6-9-17)21-13-11-18-10-7-14-25-18;/h7,10,14,17H,4-6,8-9,11-13,15-16H2,1-3H3,(H2,21,22,23);1H. The molecule has 0 radical (unpaired) electrons. The van der Waals surface area contributed by atoms with Crippen molar-refractivity contribution in [3.8, 4) is 0 Å². The summed E-state index contributed by atoms with van der Waals surface area (Å²) in [6, 6.07) is 4.50. The minimum Gasteiger partial charge on any atom is -0.469 e. The van der Waals surface area contributed by atoms with E-state index in [9.17, 15) is 0 Å². The maximum absolute atomic E-state index is 5.41. The van der Waals surface area contributed by atoms with Crippen molar-refractivity contribution in [2.75, 3.05) is 26.8 Å². The van der Waals surface area contributed by atoms with Crippen LogP contribution in [-0.4, -0.2) is 38.8 Å². The Morgan fingerprint density at radius 2 is 2.08 bits per heavy atom. The van der Waals surface area contributed by atoms with Crippen LogP contribution in [0.4, 0.5) is 0 Å². The van der Waals surface area contributed by atoms with Crippen molar-refractivity contribution in [1.82, 2.24) is 10.6 Å². The molecular weight excluding hydrogens is 441 g/mol. The number of rotatable bonds is 9. The number of halogens is 1. The lowest BCUT2D eigenvalue weighted by Gasteiger charge is -2.27. The number of nitrogens with one attached hydrogen (secondary N) is 2. The first-order valence-electron chi connectivity index (χ1n) is 9.65. The fourth-order valence-corrected chi connectivity index (χ4v) is 3.10. The van der Waals surface area contributed by atoms with Crippen LogP contribution in [0.25, 0.3) is 0 Å². The Kier molecular flexibility index (Phi) is 11.3. The number of guanidine groups is 1. The van der Waals surface area contributed by atoms with Crippen LogP contribution in [-0.2, 0) is 11.2 Å². The monoisotopic (exact) mass is 477 g/mol. The summed E-state index contributed by atoms with van der Waals surface area (Å²) >= 11 is 0. The summed E-state index contributed by atoms with van der Waals surface area (Å²) < 4.78 is 10.6. The van der Waals surface area contributed by atoms with E-state index in [1.165, 1.54) is 32.1 Å². The van der Waals surface area contributed by atoms with Gasteiger partial charge in [0.25, 0.3) is 0 Å². The molecule has 0 bridgehead atoms. The van der Waals surface area contributed by atoms with Crippen molar-refractivity contribution in [3.05, 3.63) is 24.2 Å². The van der Waals surface area contributed by atoms with Gasteiger partial charge in [0, 0.05) is 39.3 Å². The van der Waals surface area contributed by atoms with Crippen molar-refractivity contribution >= 4 is 29.9 Å². The van der Waals surface area contributed by atoms with E-state index < -0.39 is 0 Å². The van der Waals surface area contributed by atoms with E-state index in [0.717, 1.165) is 44.3 Å². The highest BCUT2D eigenvalue weighted by molar-refractivity contribution is 14.0. The number of nitrogens with zero attached hydrogens (tertiary/aromatic N) is 1. The summed E-state index contributed by atoms with van der Waals surface area (Å²) in [5.41, 5.74) is 0.137. The molecule has 0 aromatic carbocycles. The molecule has 1 heterocycles. The lowest BCUT2D eigenvalue weighted by molar-refractivity contribution is 0.155. The molecule has 1 aliphatic rings. The second-order valence-corrected chi connectivity index (χ2v) is 7.81. The topological polar surface area (TPSA) is 58.8 Å². The van der Waals surface area contributed by atoms with Crippen LogP contribution in [0.1, 0.15) is 58.1 Å². The first-order valence-corrected chi connectivity index (χ1v) is 9.65. The maximum Gasteiger partial charge on any atom is 0.191 e. The van der Waals surface area contributed by atoms with Gasteiger partial charge in [0.2, 0.25) is 0 Å². The van der Waals surface area contributed by atoms with Crippen LogP contribution < -0.4 is 10.6 Å². The molecule has 0 unspecified atom stereocenters. The highest BCUT2D eigenvalue weighted by Crippen LogP contribution is 2.21. The van der Waals surface area contributed by atoms with Crippen LogP contribution in [0, 0.1) is 5.41 Å². The van der Waals surface area contributed by atoms with E-state index in [0.29, 0.717) is 6.04 Å². The van der Waals surface area contributed by atoms with E-state index >= 15 is 0 Å². The molecule has 0 saturated heterocycles. The van der Waals surface area contributed by atoms with Gasteiger partial charge in [-0.3, -0.25) is 4.99 Å². The molecular formula is C20H36IN3O2. The number of furan rings is 1. The largest absolute Gasteiger partial charge is 0.469 e. The number of ether oxygens (including phenoxy) is 1. The van der Waals surface area contributed by atoms with Gasteiger partial charge in [0.15, 0.2) is 5.96 Å². The summed E-state index contributed by atoms with van der Waals surface area (Å²) in [5, 5.41) is 7.12. The first kappa shape index (κ1) is 23.3. The third-order valence-corrected chi connectivity index (χ3v) is 4.84. The van der Waals surface area contributed by atoms with Gasteiger partial charge in [0.1, 0.15) is 5.76 Å². The van der Waals surface area contributed by atoms with Crippen molar-refractivity contribution in [2.24, 2.45) is 10.4 Å². The number of aliphatic imine (C=N–C) groups is 1. The van der Waals surface area contributed by atoms with E-state index in [2.05, 4.69) is 24.5 Å². The SMILES string of the molecule is COCCC(C)(C)CN=C(NCCc1ccco1)NC1CCCCC1.I. The molecule has 1 aromatic rings. The van der Waals surface area contributed by atoms with Crippen molar-refractivity contribution in [2.45, 2.75) is 64.8 Å². The molecule has 150 valence electrons. The van der Waals surface area contributed by atoms with Gasteiger partial charge >= 0.3 is 0 Å². The number of hydrogen-bond acceptors (Lipinski definition) is 3. The molecule has 0 atom stereocenters. The molecule has 0 aliphatic heterocycles. The van der Waals surface area contributed by atoms with Crippen LogP contribution >= 0.6 is 24.0 Å². The molecule has 2 rings (SSSR count). The molecule has 1 aliphatic carbocycles. The normalized spacial score (nSPS) is 16.2.